The smallest absolute Gasteiger partial charge is 0.242 e. The fourth-order valence-corrected chi connectivity index (χ4v) is 2.37. The van der Waals surface area contributed by atoms with Gasteiger partial charge in [-0.05, 0) is 43.4 Å². The van der Waals surface area contributed by atoms with Crippen LogP contribution in [0.5, 0.6) is 11.5 Å². The zero-order valence-corrected chi connectivity index (χ0v) is 12.7. The van der Waals surface area contributed by atoms with Crippen LogP contribution in [0.25, 0.3) is 0 Å². The molecule has 0 saturated heterocycles. The minimum Gasteiger partial charge on any atom is -0.493 e. The molecule has 1 aromatic rings. The second-order valence-electron chi connectivity index (χ2n) is 5.11. The fraction of sp³-hybridized carbons (Fsp3) is 0.533. The Kier molecular flexibility index (Phi) is 4.76. The van der Waals surface area contributed by atoms with Crippen molar-refractivity contribution in [2.24, 2.45) is 5.92 Å². The maximum absolute atomic E-state index is 12.1. The molecule has 0 aromatic heterocycles. The van der Waals surface area contributed by atoms with E-state index in [0.717, 1.165) is 0 Å². The monoisotopic (exact) mass is 297 g/mol. The van der Waals surface area contributed by atoms with Crippen LogP contribution < -0.4 is 14.8 Å². The standard InChI is InChI=1S/C15H20ClNO3/c1-9(10-4-5-10)17-15(18)14(16)11-6-7-12(19-2)13(8-11)20-3/h6-10,14H,4-5H2,1-3H3,(H,17,18). The highest BCUT2D eigenvalue weighted by Gasteiger charge is 2.30. The lowest BCUT2D eigenvalue weighted by Crippen LogP contribution is -2.36. The number of carbonyl (C=O) groups excluding carboxylic acids is 1. The Bertz CT molecular complexity index is 488. The molecule has 1 aliphatic carbocycles. The van der Waals surface area contributed by atoms with Gasteiger partial charge in [0, 0.05) is 6.04 Å². The van der Waals surface area contributed by atoms with E-state index in [9.17, 15) is 4.79 Å². The number of ether oxygens (including phenoxy) is 2. The molecule has 0 spiro atoms. The number of rotatable bonds is 6. The zero-order valence-electron chi connectivity index (χ0n) is 12.0. The van der Waals surface area contributed by atoms with Crippen LogP contribution in [0.4, 0.5) is 0 Å². The molecule has 110 valence electrons. The van der Waals surface area contributed by atoms with E-state index in [1.54, 1.807) is 32.4 Å². The lowest BCUT2D eigenvalue weighted by molar-refractivity contribution is -0.121. The van der Waals surface area contributed by atoms with Gasteiger partial charge in [0.15, 0.2) is 11.5 Å². The summed E-state index contributed by atoms with van der Waals surface area (Å²) in [6, 6.07) is 5.45. The van der Waals surface area contributed by atoms with Gasteiger partial charge in [0.1, 0.15) is 5.38 Å². The van der Waals surface area contributed by atoms with Gasteiger partial charge in [-0.2, -0.15) is 0 Å². The summed E-state index contributed by atoms with van der Waals surface area (Å²) >= 11 is 6.24. The van der Waals surface area contributed by atoms with Gasteiger partial charge in [0.2, 0.25) is 5.91 Å². The Morgan fingerprint density at radius 3 is 2.50 bits per heavy atom. The van der Waals surface area contributed by atoms with Crippen molar-refractivity contribution in [1.29, 1.82) is 0 Å². The van der Waals surface area contributed by atoms with Crippen LogP contribution in [0, 0.1) is 5.92 Å². The zero-order chi connectivity index (χ0) is 14.7. The summed E-state index contributed by atoms with van der Waals surface area (Å²) in [5.41, 5.74) is 0.699. The van der Waals surface area contributed by atoms with Gasteiger partial charge in [-0.1, -0.05) is 6.07 Å². The summed E-state index contributed by atoms with van der Waals surface area (Å²) in [5.74, 6) is 1.62. The van der Waals surface area contributed by atoms with Crippen molar-refractivity contribution in [1.82, 2.24) is 5.32 Å². The summed E-state index contributed by atoms with van der Waals surface area (Å²) in [4.78, 5) is 12.1. The van der Waals surface area contributed by atoms with E-state index in [1.165, 1.54) is 12.8 Å². The second kappa shape index (κ2) is 6.35. The van der Waals surface area contributed by atoms with Crippen LogP contribution in [-0.4, -0.2) is 26.2 Å². The lowest BCUT2D eigenvalue weighted by Gasteiger charge is -2.17. The molecule has 1 fully saturated rings. The third kappa shape index (κ3) is 3.37. The number of amides is 1. The highest BCUT2D eigenvalue weighted by molar-refractivity contribution is 6.30. The summed E-state index contributed by atoms with van der Waals surface area (Å²) in [5, 5.41) is 2.24. The molecule has 1 amide bonds. The van der Waals surface area contributed by atoms with Crippen LogP contribution in [0.3, 0.4) is 0 Å². The highest BCUT2D eigenvalue weighted by Crippen LogP contribution is 2.34. The number of benzene rings is 1. The Morgan fingerprint density at radius 2 is 1.95 bits per heavy atom. The van der Waals surface area contributed by atoms with Crippen molar-refractivity contribution >= 4 is 17.5 Å². The molecule has 2 rings (SSSR count). The van der Waals surface area contributed by atoms with Crippen LogP contribution >= 0.6 is 11.6 Å². The number of halogens is 1. The van der Waals surface area contributed by atoms with Gasteiger partial charge >= 0.3 is 0 Å². The average molecular weight is 298 g/mol. The molecule has 0 bridgehead atoms. The largest absolute Gasteiger partial charge is 0.493 e. The van der Waals surface area contributed by atoms with E-state index in [-0.39, 0.29) is 11.9 Å². The van der Waals surface area contributed by atoms with Crippen molar-refractivity contribution in [2.45, 2.75) is 31.2 Å². The van der Waals surface area contributed by atoms with Crippen molar-refractivity contribution in [3.05, 3.63) is 23.8 Å². The van der Waals surface area contributed by atoms with Gasteiger partial charge in [0.25, 0.3) is 0 Å². The van der Waals surface area contributed by atoms with Gasteiger partial charge < -0.3 is 14.8 Å². The summed E-state index contributed by atoms with van der Waals surface area (Å²) in [7, 11) is 3.12. The number of alkyl halides is 1. The van der Waals surface area contributed by atoms with Crippen LogP contribution in [-0.2, 0) is 4.79 Å². The van der Waals surface area contributed by atoms with Crippen molar-refractivity contribution in [3.63, 3.8) is 0 Å². The van der Waals surface area contributed by atoms with E-state index < -0.39 is 5.38 Å². The van der Waals surface area contributed by atoms with E-state index in [2.05, 4.69) is 5.32 Å². The molecular weight excluding hydrogens is 278 g/mol. The summed E-state index contributed by atoms with van der Waals surface area (Å²) < 4.78 is 10.4. The summed E-state index contributed by atoms with van der Waals surface area (Å²) in [6.07, 6.45) is 2.37. The predicted molar refractivity (Wildman–Crippen MR) is 78.5 cm³/mol. The third-order valence-corrected chi connectivity index (χ3v) is 4.08. The fourth-order valence-electron chi connectivity index (χ4n) is 2.17. The minimum atomic E-state index is -0.726. The molecule has 1 aliphatic rings. The first kappa shape index (κ1) is 15.0. The lowest BCUT2D eigenvalue weighted by atomic mass is 10.1. The molecule has 0 radical (unpaired) electrons. The van der Waals surface area contributed by atoms with Crippen LogP contribution in [0.1, 0.15) is 30.7 Å². The van der Waals surface area contributed by atoms with Crippen LogP contribution in [0.2, 0.25) is 0 Å². The highest BCUT2D eigenvalue weighted by atomic mass is 35.5. The molecule has 1 N–H and O–H groups in total. The topological polar surface area (TPSA) is 47.6 Å². The molecule has 2 atom stereocenters. The van der Waals surface area contributed by atoms with E-state index in [1.807, 2.05) is 6.92 Å². The molecule has 4 nitrogen and oxygen atoms in total. The molecular formula is C15H20ClNO3. The number of nitrogens with one attached hydrogen (secondary N) is 1. The number of hydrogen-bond acceptors (Lipinski definition) is 3. The number of hydrogen-bond donors (Lipinski definition) is 1. The first-order valence-corrected chi connectivity index (χ1v) is 7.16. The first-order chi connectivity index (χ1) is 9.56. The van der Waals surface area contributed by atoms with Crippen LogP contribution in [0.15, 0.2) is 18.2 Å². The Hall–Kier alpha value is -1.42. The van der Waals surface area contributed by atoms with Gasteiger partial charge in [-0.25, -0.2) is 0 Å². The first-order valence-electron chi connectivity index (χ1n) is 6.73. The number of carbonyl (C=O) groups is 1. The van der Waals surface area contributed by atoms with Crippen molar-refractivity contribution in [3.8, 4) is 11.5 Å². The molecule has 1 saturated carbocycles. The molecule has 1 aromatic carbocycles. The molecule has 5 heteroatoms. The molecule has 0 heterocycles. The third-order valence-electron chi connectivity index (χ3n) is 3.63. The number of methoxy groups -OCH3 is 2. The van der Waals surface area contributed by atoms with E-state index in [4.69, 9.17) is 21.1 Å². The predicted octanol–water partition coefficient (Wildman–Crippen LogP) is 2.90. The van der Waals surface area contributed by atoms with Crippen molar-refractivity contribution in [2.75, 3.05) is 14.2 Å². The molecule has 2 unspecified atom stereocenters. The Labute approximate surface area is 124 Å². The normalized spacial score (nSPS) is 17.2. The molecule has 0 aliphatic heterocycles. The van der Waals surface area contributed by atoms with E-state index in [0.29, 0.717) is 23.0 Å². The Balaban J connectivity index is 2.07. The maximum Gasteiger partial charge on any atom is 0.242 e. The second-order valence-corrected chi connectivity index (χ2v) is 5.55. The van der Waals surface area contributed by atoms with Gasteiger partial charge in [0.05, 0.1) is 14.2 Å². The quantitative estimate of drug-likeness (QED) is 0.821. The van der Waals surface area contributed by atoms with Gasteiger partial charge in [-0.15, -0.1) is 11.6 Å². The van der Waals surface area contributed by atoms with Gasteiger partial charge in [-0.3, -0.25) is 4.79 Å². The average Bonchev–Trinajstić information content (AvgIpc) is 3.30. The molecule has 20 heavy (non-hydrogen) atoms. The Morgan fingerprint density at radius 1 is 1.30 bits per heavy atom. The minimum absolute atomic E-state index is 0.168. The maximum atomic E-state index is 12.1. The SMILES string of the molecule is COc1ccc(C(Cl)C(=O)NC(C)C2CC2)cc1OC. The summed E-state index contributed by atoms with van der Waals surface area (Å²) in [6.45, 7) is 2.02. The van der Waals surface area contributed by atoms with Crippen molar-refractivity contribution < 1.29 is 14.3 Å². The van der Waals surface area contributed by atoms with E-state index >= 15 is 0 Å².